The highest BCUT2D eigenvalue weighted by Gasteiger charge is 2.63. The molecule has 2 fully saturated rings. The zero-order chi connectivity index (χ0) is 43.1. The van der Waals surface area contributed by atoms with Gasteiger partial charge in [0, 0.05) is 0 Å². The van der Waals surface area contributed by atoms with Gasteiger partial charge in [0.05, 0.1) is 13.2 Å². The van der Waals surface area contributed by atoms with E-state index < -0.39 is 23.1 Å². The van der Waals surface area contributed by atoms with E-state index in [2.05, 4.69) is 38.2 Å². The second-order valence-electron chi connectivity index (χ2n) is 17.7. The van der Waals surface area contributed by atoms with Gasteiger partial charge in [-0.05, 0) is 123 Å². The standard InChI is InChI=1S/C52H78O8/c1-5-9-11-15-41-19-23-43(24-20-41)17-13-37-57-47-31-27-45(28-32-47)39-59-51(35-7-3,49(53)54)52(36-8-4,50(55)56)60-40-46-29-33-48(34-30-46)58-38-14-18-44-25-21-42(22-26-44)16-12-10-6-2/h13-14,17-18,27-34,41-44H,5-12,15-16,19-26,35-40H2,1-4H3,(H,53,54)(H,55,56)/t41-,42-,43-,44-,51-,52-/m0/s1. The fraction of sp³-hybridized carbons (Fsp3) is 0.654. The summed E-state index contributed by atoms with van der Waals surface area (Å²) >= 11 is 0. The molecule has 60 heavy (non-hydrogen) atoms. The van der Waals surface area contributed by atoms with Crippen LogP contribution in [0.5, 0.6) is 11.5 Å². The molecule has 0 bridgehead atoms. The minimum atomic E-state index is -2.14. The minimum Gasteiger partial charge on any atom is -0.490 e. The predicted octanol–water partition coefficient (Wildman–Crippen LogP) is 13.3. The first-order valence-electron chi connectivity index (χ1n) is 23.7. The highest BCUT2D eigenvalue weighted by atomic mass is 16.6. The van der Waals surface area contributed by atoms with Crippen LogP contribution < -0.4 is 9.47 Å². The molecule has 0 amide bonds. The number of ether oxygens (including phenoxy) is 4. The third-order valence-electron chi connectivity index (χ3n) is 13.1. The maximum Gasteiger partial charge on any atom is 0.339 e. The van der Waals surface area contributed by atoms with Crippen molar-refractivity contribution in [3.63, 3.8) is 0 Å². The van der Waals surface area contributed by atoms with E-state index in [1.54, 1.807) is 0 Å². The maximum atomic E-state index is 13.3. The fourth-order valence-corrected chi connectivity index (χ4v) is 9.43. The van der Waals surface area contributed by atoms with Gasteiger partial charge in [0.2, 0.25) is 11.2 Å². The topological polar surface area (TPSA) is 112 Å². The Balaban J connectivity index is 1.30. The first kappa shape index (κ1) is 49.0. The number of carbonyl (C=O) groups is 2. The molecule has 0 radical (unpaired) electrons. The average Bonchev–Trinajstić information content (AvgIpc) is 3.26. The van der Waals surface area contributed by atoms with Crippen molar-refractivity contribution in [1.29, 1.82) is 0 Å². The summed E-state index contributed by atoms with van der Waals surface area (Å²) in [4.78, 5) is 26.5. The smallest absolute Gasteiger partial charge is 0.339 e. The summed E-state index contributed by atoms with van der Waals surface area (Å²) in [6.45, 7) is 8.94. The Morgan fingerprint density at radius 3 is 1.23 bits per heavy atom. The number of allylic oxidation sites excluding steroid dienone is 2. The van der Waals surface area contributed by atoms with Gasteiger partial charge in [-0.25, -0.2) is 9.59 Å². The monoisotopic (exact) mass is 831 g/mol. The van der Waals surface area contributed by atoms with Crippen molar-refractivity contribution < 1.29 is 38.7 Å². The van der Waals surface area contributed by atoms with Gasteiger partial charge in [-0.2, -0.15) is 0 Å². The van der Waals surface area contributed by atoms with Crippen LogP contribution in [-0.2, 0) is 32.3 Å². The minimum absolute atomic E-state index is 0.0383. The zero-order valence-corrected chi connectivity index (χ0v) is 37.6. The Morgan fingerprint density at radius 2 is 0.917 bits per heavy atom. The number of benzene rings is 2. The lowest BCUT2D eigenvalue weighted by atomic mass is 9.75. The fourth-order valence-electron chi connectivity index (χ4n) is 9.43. The highest BCUT2D eigenvalue weighted by molar-refractivity contribution is 5.91. The molecule has 0 aromatic heterocycles. The number of unbranched alkanes of at least 4 members (excludes halogenated alkanes) is 4. The van der Waals surface area contributed by atoms with E-state index in [0.29, 0.717) is 60.5 Å². The lowest BCUT2D eigenvalue weighted by molar-refractivity contribution is -0.240. The number of rotatable bonds is 29. The molecule has 2 saturated carbocycles. The van der Waals surface area contributed by atoms with Crippen LogP contribution in [0.15, 0.2) is 72.8 Å². The summed E-state index contributed by atoms with van der Waals surface area (Å²) in [5.74, 6) is 1.73. The van der Waals surface area contributed by atoms with E-state index in [-0.39, 0.29) is 26.1 Å². The molecule has 334 valence electrons. The van der Waals surface area contributed by atoms with Crippen LogP contribution in [0.1, 0.15) is 167 Å². The summed E-state index contributed by atoms with van der Waals surface area (Å²) < 4.78 is 24.6. The Morgan fingerprint density at radius 1 is 0.550 bits per heavy atom. The number of aliphatic carboxylic acids is 2. The quantitative estimate of drug-likeness (QED) is 0.0616. The molecule has 0 aliphatic heterocycles. The van der Waals surface area contributed by atoms with Crippen molar-refractivity contribution in [2.75, 3.05) is 13.2 Å². The lowest BCUT2D eigenvalue weighted by Crippen LogP contribution is -2.66. The molecule has 4 rings (SSSR count). The number of hydrogen-bond acceptors (Lipinski definition) is 6. The molecule has 2 N–H and O–H groups in total. The van der Waals surface area contributed by atoms with E-state index in [4.69, 9.17) is 18.9 Å². The van der Waals surface area contributed by atoms with Gasteiger partial charge in [-0.1, -0.05) is 140 Å². The number of carboxylic acid groups (broad SMARTS) is 2. The van der Waals surface area contributed by atoms with Crippen LogP contribution in [0.4, 0.5) is 0 Å². The third kappa shape index (κ3) is 15.1. The summed E-state index contributed by atoms with van der Waals surface area (Å²) in [6, 6.07) is 14.7. The van der Waals surface area contributed by atoms with E-state index in [1.807, 2.05) is 62.4 Å². The molecule has 0 saturated heterocycles. The van der Waals surface area contributed by atoms with Gasteiger partial charge in [-0.3, -0.25) is 0 Å². The van der Waals surface area contributed by atoms with Crippen LogP contribution in [0, 0.1) is 23.7 Å². The highest BCUT2D eigenvalue weighted by Crippen LogP contribution is 2.41. The molecule has 2 aromatic carbocycles. The molecular formula is C52H78O8. The Hall–Kier alpha value is -3.62. The van der Waals surface area contributed by atoms with Crippen molar-refractivity contribution in [2.45, 2.75) is 181 Å². The van der Waals surface area contributed by atoms with Crippen molar-refractivity contribution in [3.05, 3.63) is 84.0 Å². The molecule has 0 heterocycles. The largest absolute Gasteiger partial charge is 0.490 e. The van der Waals surface area contributed by atoms with Gasteiger partial charge in [-0.15, -0.1) is 0 Å². The van der Waals surface area contributed by atoms with Crippen molar-refractivity contribution >= 4 is 11.9 Å². The summed E-state index contributed by atoms with van der Waals surface area (Å²) in [5, 5.41) is 21.6. The Bertz CT molecular complexity index is 1430. The van der Waals surface area contributed by atoms with Crippen molar-refractivity contribution in [2.24, 2.45) is 23.7 Å². The first-order valence-corrected chi connectivity index (χ1v) is 23.7. The van der Waals surface area contributed by atoms with Gasteiger partial charge >= 0.3 is 11.9 Å². The second kappa shape index (κ2) is 26.7. The second-order valence-corrected chi connectivity index (χ2v) is 17.7. The van der Waals surface area contributed by atoms with Gasteiger partial charge in [0.25, 0.3) is 0 Å². The van der Waals surface area contributed by atoms with E-state index in [0.717, 1.165) is 11.8 Å². The van der Waals surface area contributed by atoms with Crippen LogP contribution in [0.3, 0.4) is 0 Å². The first-order chi connectivity index (χ1) is 29.2. The maximum absolute atomic E-state index is 13.3. The molecule has 8 heteroatoms. The molecule has 2 aromatic rings. The zero-order valence-electron chi connectivity index (χ0n) is 37.6. The Labute approximate surface area is 362 Å². The molecule has 2 aliphatic rings. The third-order valence-corrected chi connectivity index (χ3v) is 13.1. The SMILES string of the molecule is CCCCC[C@H]1CC[C@H](C=CCOc2ccc(CO[C@@](CCC)(C(=O)O)[C@@](CCC)(OCc3ccc(OCC=C[C@H]4CC[C@H](CCCCC)CC4)cc3)C(=O)O)cc2)CC1. The van der Waals surface area contributed by atoms with Gasteiger partial charge < -0.3 is 29.2 Å². The lowest BCUT2D eigenvalue weighted by Gasteiger charge is -2.44. The van der Waals surface area contributed by atoms with E-state index >= 15 is 0 Å². The molecule has 2 atom stereocenters. The van der Waals surface area contributed by atoms with Crippen LogP contribution in [0.2, 0.25) is 0 Å². The van der Waals surface area contributed by atoms with Gasteiger partial charge in [0.15, 0.2) is 0 Å². The van der Waals surface area contributed by atoms with E-state index in [9.17, 15) is 19.8 Å². The van der Waals surface area contributed by atoms with Crippen LogP contribution in [-0.4, -0.2) is 46.6 Å². The predicted molar refractivity (Wildman–Crippen MR) is 241 cm³/mol. The Kier molecular flexibility index (Phi) is 21.8. The van der Waals surface area contributed by atoms with Crippen molar-refractivity contribution in [3.8, 4) is 11.5 Å². The average molecular weight is 831 g/mol. The van der Waals surface area contributed by atoms with E-state index in [1.165, 1.54) is 103 Å². The molecular weight excluding hydrogens is 753 g/mol. The summed E-state index contributed by atoms with van der Waals surface area (Å²) in [5.41, 5.74) is -2.85. The van der Waals surface area contributed by atoms with Crippen molar-refractivity contribution in [1.82, 2.24) is 0 Å². The van der Waals surface area contributed by atoms with Crippen LogP contribution in [0.25, 0.3) is 0 Å². The number of carboxylic acids is 2. The number of hydrogen-bond donors (Lipinski definition) is 2. The van der Waals surface area contributed by atoms with Gasteiger partial charge in [0.1, 0.15) is 24.7 Å². The summed E-state index contributed by atoms with van der Waals surface area (Å²) in [6.07, 6.45) is 30.6. The summed E-state index contributed by atoms with van der Waals surface area (Å²) in [7, 11) is 0. The molecule has 0 unspecified atom stereocenters. The molecule has 0 spiro atoms. The molecule has 8 nitrogen and oxygen atoms in total. The van der Waals surface area contributed by atoms with Crippen LogP contribution >= 0.6 is 0 Å². The molecule has 2 aliphatic carbocycles. The normalized spacial score (nSPS) is 21.7.